The Morgan fingerprint density at radius 2 is 2.11 bits per heavy atom. The summed E-state index contributed by atoms with van der Waals surface area (Å²) in [6, 6.07) is 7.90. The van der Waals surface area contributed by atoms with Crippen LogP contribution in [-0.4, -0.2) is 15.6 Å². The summed E-state index contributed by atoms with van der Waals surface area (Å²) in [7, 11) is 1.85. The van der Waals surface area contributed by atoms with Crippen LogP contribution >= 0.6 is 0 Å². The Labute approximate surface area is 114 Å². The van der Waals surface area contributed by atoms with E-state index in [-0.39, 0.29) is 5.78 Å². The Morgan fingerprint density at radius 3 is 2.68 bits per heavy atom. The van der Waals surface area contributed by atoms with Gasteiger partial charge in [0, 0.05) is 18.3 Å². The predicted molar refractivity (Wildman–Crippen MR) is 76.4 cm³/mol. The molecule has 3 heteroatoms. The lowest BCUT2D eigenvalue weighted by Gasteiger charge is -2.07. The van der Waals surface area contributed by atoms with Gasteiger partial charge < -0.3 is 0 Å². The Bertz CT molecular complexity index is 597. The molecule has 0 unspecified atom stereocenters. The second-order valence-electron chi connectivity index (χ2n) is 5.39. The van der Waals surface area contributed by atoms with Gasteiger partial charge in [0.25, 0.3) is 0 Å². The highest BCUT2D eigenvalue weighted by Gasteiger charge is 2.15. The van der Waals surface area contributed by atoms with Crippen molar-refractivity contribution in [3.05, 3.63) is 52.8 Å². The zero-order chi connectivity index (χ0) is 14.0. The number of ketones is 1. The van der Waals surface area contributed by atoms with Gasteiger partial charge in [0.1, 0.15) is 0 Å². The van der Waals surface area contributed by atoms with Crippen molar-refractivity contribution in [2.75, 3.05) is 0 Å². The van der Waals surface area contributed by atoms with Gasteiger partial charge in [0.15, 0.2) is 5.78 Å². The molecule has 0 saturated carbocycles. The summed E-state index contributed by atoms with van der Waals surface area (Å²) in [5.74, 6) is 0.640. The first-order chi connectivity index (χ1) is 8.99. The summed E-state index contributed by atoms with van der Waals surface area (Å²) in [6.07, 6.45) is 2.64. The monoisotopic (exact) mass is 256 g/mol. The van der Waals surface area contributed by atoms with Crippen LogP contribution in [0.15, 0.2) is 30.5 Å². The van der Waals surface area contributed by atoms with Crippen molar-refractivity contribution in [3.63, 3.8) is 0 Å². The maximum atomic E-state index is 12.5. The second kappa shape index (κ2) is 5.39. The maximum Gasteiger partial charge on any atom is 0.196 e. The summed E-state index contributed by atoms with van der Waals surface area (Å²) in [6.45, 7) is 6.28. The van der Waals surface area contributed by atoms with Gasteiger partial charge in [-0.1, -0.05) is 32.0 Å². The predicted octanol–water partition coefficient (Wildman–Crippen LogP) is 3.16. The average molecular weight is 256 g/mol. The lowest BCUT2D eigenvalue weighted by molar-refractivity contribution is 0.103. The van der Waals surface area contributed by atoms with Crippen molar-refractivity contribution < 1.29 is 4.79 Å². The molecular weight excluding hydrogens is 236 g/mol. The molecule has 0 radical (unpaired) electrons. The minimum Gasteiger partial charge on any atom is -0.288 e. The zero-order valence-corrected chi connectivity index (χ0v) is 12.0. The van der Waals surface area contributed by atoms with E-state index in [9.17, 15) is 4.79 Å². The van der Waals surface area contributed by atoms with Gasteiger partial charge in [-0.2, -0.15) is 5.10 Å². The van der Waals surface area contributed by atoms with Gasteiger partial charge in [-0.15, -0.1) is 0 Å². The summed E-state index contributed by atoms with van der Waals surface area (Å²) < 4.78 is 1.73. The molecule has 0 amide bonds. The van der Waals surface area contributed by atoms with E-state index < -0.39 is 0 Å². The second-order valence-corrected chi connectivity index (χ2v) is 5.39. The van der Waals surface area contributed by atoms with Gasteiger partial charge in [0.2, 0.25) is 0 Å². The van der Waals surface area contributed by atoms with Crippen LogP contribution in [-0.2, 0) is 13.5 Å². The fourth-order valence-electron chi connectivity index (χ4n) is 2.19. The van der Waals surface area contributed by atoms with Crippen molar-refractivity contribution in [1.82, 2.24) is 9.78 Å². The summed E-state index contributed by atoms with van der Waals surface area (Å²) in [5.41, 5.74) is 3.54. The SMILES string of the molecule is Cc1c(C(=O)c2cccc(CC(C)C)c2)cnn1C. The number of aryl methyl sites for hydroxylation is 1. The Hall–Kier alpha value is -1.90. The van der Waals surface area contributed by atoms with Crippen molar-refractivity contribution in [1.29, 1.82) is 0 Å². The van der Waals surface area contributed by atoms with E-state index in [1.165, 1.54) is 5.56 Å². The Balaban J connectivity index is 2.31. The van der Waals surface area contributed by atoms with E-state index in [1.807, 2.05) is 32.2 Å². The molecule has 0 aliphatic heterocycles. The molecule has 0 fully saturated rings. The molecule has 2 aromatic rings. The molecule has 0 aliphatic carbocycles. The van der Waals surface area contributed by atoms with Crippen molar-refractivity contribution >= 4 is 5.78 Å². The molecule has 0 N–H and O–H groups in total. The highest BCUT2D eigenvalue weighted by atomic mass is 16.1. The zero-order valence-electron chi connectivity index (χ0n) is 12.0. The molecule has 1 aromatic heterocycles. The lowest BCUT2D eigenvalue weighted by Crippen LogP contribution is -2.05. The van der Waals surface area contributed by atoms with E-state index in [1.54, 1.807) is 10.9 Å². The normalized spacial score (nSPS) is 11.0. The third kappa shape index (κ3) is 2.92. The molecule has 0 aliphatic rings. The molecule has 1 aromatic carbocycles. The van der Waals surface area contributed by atoms with Crippen LogP contribution < -0.4 is 0 Å². The van der Waals surface area contributed by atoms with Crippen LogP contribution in [0.25, 0.3) is 0 Å². The molecule has 0 saturated heterocycles. The molecule has 0 spiro atoms. The van der Waals surface area contributed by atoms with Gasteiger partial charge >= 0.3 is 0 Å². The molecule has 0 bridgehead atoms. The van der Waals surface area contributed by atoms with Crippen LogP contribution in [0, 0.1) is 12.8 Å². The Morgan fingerprint density at radius 1 is 1.37 bits per heavy atom. The molecule has 100 valence electrons. The van der Waals surface area contributed by atoms with Crippen LogP contribution in [0.2, 0.25) is 0 Å². The van der Waals surface area contributed by atoms with Crippen molar-refractivity contribution in [2.45, 2.75) is 27.2 Å². The fraction of sp³-hybridized carbons (Fsp3) is 0.375. The first-order valence-electron chi connectivity index (χ1n) is 6.61. The summed E-state index contributed by atoms with van der Waals surface area (Å²) >= 11 is 0. The van der Waals surface area contributed by atoms with E-state index in [2.05, 4.69) is 25.0 Å². The number of aromatic nitrogens is 2. The number of benzene rings is 1. The third-order valence-electron chi connectivity index (χ3n) is 3.31. The molecule has 0 atom stereocenters. The number of hydrogen-bond acceptors (Lipinski definition) is 2. The quantitative estimate of drug-likeness (QED) is 0.788. The van der Waals surface area contributed by atoms with Crippen LogP contribution in [0.3, 0.4) is 0 Å². The molecule has 3 nitrogen and oxygen atoms in total. The van der Waals surface area contributed by atoms with Gasteiger partial charge in [0.05, 0.1) is 11.8 Å². The third-order valence-corrected chi connectivity index (χ3v) is 3.31. The van der Waals surface area contributed by atoms with Crippen molar-refractivity contribution in [2.24, 2.45) is 13.0 Å². The summed E-state index contributed by atoms with van der Waals surface area (Å²) in [4.78, 5) is 12.5. The van der Waals surface area contributed by atoms with Crippen LogP contribution in [0.4, 0.5) is 0 Å². The lowest BCUT2D eigenvalue weighted by atomic mass is 9.97. The highest BCUT2D eigenvalue weighted by Crippen LogP contribution is 2.16. The summed E-state index contributed by atoms with van der Waals surface area (Å²) in [5, 5.41) is 4.13. The van der Waals surface area contributed by atoms with E-state index in [0.717, 1.165) is 17.7 Å². The van der Waals surface area contributed by atoms with E-state index in [0.29, 0.717) is 11.5 Å². The molecule has 19 heavy (non-hydrogen) atoms. The average Bonchev–Trinajstić information content (AvgIpc) is 2.69. The van der Waals surface area contributed by atoms with Gasteiger partial charge in [-0.25, -0.2) is 0 Å². The van der Waals surface area contributed by atoms with Crippen molar-refractivity contribution in [3.8, 4) is 0 Å². The minimum atomic E-state index is 0.0520. The smallest absolute Gasteiger partial charge is 0.196 e. The highest BCUT2D eigenvalue weighted by molar-refractivity contribution is 6.09. The van der Waals surface area contributed by atoms with Crippen LogP contribution in [0.5, 0.6) is 0 Å². The number of hydrogen-bond donors (Lipinski definition) is 0. The number of carbonyl (C=O) groups excluding carboxylic acids is 1. The van der Waals surface area contributed by atoms with Gasteiger partial charge in [-0.3, -0.25) is 9.48 Å². The maximum absolute atomic E-state index is 12.5. The number of nitrogens with zero attached hydrogens (tertiary/aromatic N) is 2. The number of carbonyl (C=O) groups is 1. The molecule has 2 rings (SSSR count). The standard InChI is InChI=1S/C16H20N2O/c1-11(2)8-13-6-5-7-14(9-13)16(19)15-10-17-18(4)12(15)3/h5-7,9-11H,8H2,1-4H3. The van der Waals surface area contributed by atoms with E-state index >= 15 is 0 Å². The Kier molecular flexibility index (Phi) is 3.84. The minimum absolute atomic E-state index is 0.0520. The first-order valence-corrected chi connectivity index (χ1v) is 6.61. The number of rotatable bonds is 4. The van der Waals surface area contributed by atoms with Gasteiger partial charge in [-0.05, 0) is 30.9 Å². The topological polar surface area (TPSA) is 34.9 Å². The molecule has 1 heterocycles. The fourth-order valence-corrected chi connectivity index (χ4v) is 2.19. The largest absolute Gasteiger partial charge is 0.288 e. The first kappa shape index (κ1) is 13.5. The van der Waals surface area contributed by atoms with Crippen LogP contribution in [0.1, 0.15) is 41.0 Å². The van der Waals surface area contributed by atoms with E-state index in [4.69, 9.17) is 0 Å². The molecular formula is C16H20N2O.